The molecule has 0 aromatic heterocycles. The minimum absolute atomic E-state index is 0.0969. The Bertz CT molecular complexity index is 724. The molecule has 0 aliphatic carbocycles. The number of piperidine rings is 2. The first-order chi connectivity index (χ1) is 13.5. The largest absolute Gasteiger partial charge is 0.381 e. The SMILES string of the molecule is O=C1CCC2(CCN(C(=O)c3cccc(F)c3)CC2)CN1CC1CCOCC1. The first kappa shape index (κ1) is 19.4. The molecule has 0 saturated carbocycles. The Hall–Kier alpha value is -1.95. The number of ether oxygens (including phenoxy) is 1. The average molecular weight is 388 g/mol. The molecule has 3 fully saturated rings. The number of hydrogen-bond acceptors (Lipinski definition) is 3. The monoisotopic (exact) mass is 388 g/mol. The van der Waals surface area contributed by atoms with Crippen LogP contribution < -0.4 is 0 Å². The van der Waals surface area contributed by atoms with Gasteiger partial charge in [-0.05, 0) is 61.6 Å². The van der Waals surface area contributed by atoms with Crippen LogP contribution in [0.15, 0.2) is 24.3 Å². The second-order valence-corrected chi connectivity index (χ2v) is 8.63. The third-order valence-corrected chi connectivity index (χ3v) is 6.75. The van der Waals surface area contributed by atoms with Crippen molar-refractivity contribution in [1.82, 2.24) is 9.80 Å². The molecule has 1 aromatic rings. The van der Waals surface area contributed by atoms with Crippen LogP contribution in [0.5, 0.6) is 0 Å². The van der Waals surface area contributed by atoms with Gasteiger partial charge in [0.15, 0.2) is 0 Å². The van der Waals surface area contributed by atoms with Gasteiger partial charge in [-0.2, -0.15) is 0 Å². The lowest BCUT2D eigenvalue weighted by molar-refractivity contribution is -0.140. The van der Waals surface area contributed by atoms with E-state index in [1.54, 1.807) is 12.1 Å². The topological polar surface area (TPSA) is 49.9 Å². The van der Waals surface area contributed by atoms with Crippen molar-refractivity contribution in [2.45, 2.75) is 38.5 Å². The van der Waals surface area contributed by atoms with Crippen LogP contribution in [0.4, 0.5) is 4.39 Å². The van der Waals surface area contributed by atoms with Crippen LogP contribution in [0.1, 0.15) is 48.9 Å². The predicted molar refractivity (Wildman–Crippen MR) is 103 cm³/mol. The van der Waals surface area contributed by atoms with E-state index in [9.17, 15) is 14.0 Å². The Balaban J connectivity index is 1.36. The van der Waals surface area contributed by atoms with E-state index < -0.39 is 0 Å². The molecule has 3 aliphatic heterocycles. The molecule has 152 valence electrons. The lowest BCUT2D eigenvalue weighted by Gasteiger charge is -2.48. The van der Waals surface area contributed by atoms with Gasteiger partial charge in [0.1, 0.15) is 5.82 Å². The van der Waals surface area contributed by atoms with Crippen molar-refractivity contribution >= 4 is 11.8 Å². The van der Waals surface area contributed by atoms with Crippen molar-refractivity contribution < 1.29 is 18.7 Å². The fourth-order valence-corrected chi connectivity index (χ4v) is 4.91. The normalized spacial score (nSPS) is 23.2. The number of nitrogens with zero attached hydrogens (tertiary/aromatic N) is 2. The van der Waals surface area contributed by atoms with Gasteiger partial charge in [-0.3, -0.25) is 9.59 Å². The Labute approximate surface area is 165 Å². The van der Waals surface area contributed by atoms with E-state index in [-0.39, 0.29) is 23.0 Å². The molecular weight excluding hydrogens is 359 g/mol. The van der Waals surface area contributed by atoms with E-state index in [1.165, 1.54) is 12.1 Å². The highest BCUT2D eigenvalue weighted by atomic mass is 19.1. The van der Waals surface area contributed by atoms with E-state index in [1.807, 2.05) is 4.90 Å². The minimum Gasteiger partial charge on any atom is -0.381 e. The van der Waals surface area contributed by atoms with E-state index >= 15 is 0 Å². The lowest BCUT2D eigenvalue weighted by Crippen LogP contribution is -2.53. The molecule has 0 N–H and O–H groups in total. The molecule has 3 aliphatic rings. The van der Waals surface area contributed by atoms with Gasteiger partial charge in [0, 0.05) is 51.4 Å². The van der Waals surface area contributed by atoms with E-state index in [4.69, 9.17) is 4.74 Å². The van der Waals surface area contributed by atoms with Crippen LogP contribution in [0.3, 0.4) is 0 Å². The lowest BCUT2D eigenvalue weighted by atomic mass is 9.72. The standard InChI is InChI=1S/C22H29FN2O3/c23-19-3-1-2-18(14-19)21(27)24-10-8-22(9-11-24)7-4-20(26)25(16-22)15-17-5-12-28-13-6-17/h1-3,14,17H,4-13,15-16H2. The summed E-state index contributed by atoms with van der Waals surface area (Å²) in [7, 11) is 0. The Morgan fingerprint density at radius 2 is 1.93 bits per heavy atom. The van der Waals surface area contributed by atoms with Crippen molar-refractivity contribution in [2.24, 2.45) is 11.3 Å². The summed E-state index contributed by atoms with van der Waals surface area (Å²) in [5.41, 5.74) is 0.536. The van der Waals surface area contributed by atoms with Gasteiger partial charge in [0.25, 0.3) is 5.91 Å². The highest BCUT2D eigenvalue weighted by Gasteiger charge is 2.42. The number of benzene rings is 1. The average Bonchev–Trinajstić information content (AvgIpc) is 2.72. The zero-order chi connectivity index (χ0) is 19.6. The quantitative estimate of drug-likeness (QED) is 0.800. The summed E-state index contributed by atoms with van der Waals surface area (Å²) < 4.78 is 18.9. The van der Waals surface area contributed by atoms with Gasteiger partial charge in [0.2, 0.25) is 5.91 Å². The number of halogens is 1. The van der Waals surface area contributed by atoms with Crippen LogP contribution >= 0.6 is 0 Å². The molecule has 4 rings (SSSR count). The minimum atomic E-state index is -0.381. The smallest absolute Gasteiger partial charge is 0.253 e. The molecule has 1 aromatic carbocycles. The fraction of sp³-hybridized carbons (Fsp3) is 0.636. The number of rotatable bonds is 3. The summed E-state index contributed by atoms with van der Waals surface area (Å²) in [6.07, 6.45) is 5.41. The molecule has 0 unspecified atom stereocenters. The second-order valence-electron chi connectivity index (χ2n) is 8.63. The number of carbonyl (C=O) groups is 2. The van der Waals surface area contributed by atoms with Gasteiger partial charge in [0.05, 0.1) is 0 Å². The Morgan fingerprint density at radius 3 is 2.64 bits per heavy atom. The number of amides is 2. The Morgan fingerprint density at radius 1 is 1.18 bits per heavy atom. The van der Waals surface area contributed by atoms with Crippen molar-refractivity contribution in [2.75, 3.05) is 39.4 Å². The summed E-state index contributed by atoms with van der Waals surface area (Å²) in [5.74, 6) is 0.340. The van der Waals surface area contributed by atoms with Crippen molar-refractivity contribution in [3.8, 4) is 0 Å². The zero-order valence-corrected chi connectivity index (χ0v) is 16.4. The van der Waals surface area contributed by atoms with Gasteiger partial charge in [-0.15, -0.1) is 0 Å². The maximum absolute atomic E-state index is 13.4. The van der Waals surface area contributed by atoms with Crippen molar-refractivity contribution in [3.63, 3.8) is 0 Å². The first-order valence-corrected chi connectivity index (χ1v) is 10.5. The molecule has 3 heterocycles. The van der Waals surface area contributed by atoms with Crippen LogP contribution in [0.2, 0.25) is 0 Å². The Kier molecular flexibility index (Phi) is 5.67. The van der Waals surface area contributed by atoms with Gasteiger partial charge in [-0.1, -0.05) is 6.07 Å². The highest BCUT2D eigenvalue weighted by molar-refractivity contribution is 5.94. The third kappa shape index (κ3) is 4.22. The summed E-state index contributed by atoms with van der Waals surface area (Å²) >= 11 is 0. The molecule has 6 heteroatoms. The number of carbonyl (C=O) groups excluding carboxylic acids is 2. The molecule has 1 spiro atoms. The zero-order valence-electron chi connectivity index (χ0n) is 16.4. The summed E-state index contributed by atoms with van der Waals surface area (Å²) in [6, 6.07) is 5.91. The highest BCUT2D eigenvalue weighted by Crippen LogP contribution is 2.41. The van der Waals surface area contributed by atoms with E-state index in [0.29, 0.717) is 31.0 Å². The van der Waals surface area contributed by atoms with Crippen LogP contribution in [-0.2, 0) is 9.53 Å². The molecule has 5 nitrogen and oxygen atoms in total. The van der Waals surface area contributed by atoms with E-state index in [2.05, 4.69) is 4.90 Å². The first-order valence-electron chi connectivity index (χ1n) is 10.5. The van der Waals surface area contributed by atoms with Crippen LogP contribution in [-0.4, -0.2) is 61.0 Å². The molecule has 0 radical (unpaired) electrons. The molecular formula is C22H29FN2O3. The predicted octanol–water partition coefficient (Wildman–Crippen LogP) is 3.10. The molecule has 0 atom stereocenters. The number of likely N-dealkylation sites (tertiary alicyclic amines) is 2. The molecule has 3 saturated heterocycles. The van der Waals surface area contributed by atoms with Crippen LogP contribution in [0.25, 0.3) is 0 Å². The fourth-order valence-electron chi connectivity index (χ4n) is 4.91. The van der Waals surface area contributed by atoms with Crippen molar-refractivity contribution in [1.29, 1.82) is 0 Å². The van der Waals surface area contributed by atoms with Gasteiger partial charge < -0.3 is 14.5 Å². The maximum atomic E-state index is 13.4. The molecule has 2 amide bonds. The van der Waals surface area contributed by atoms with Crippen LogP contribution in [0, 0.1) is 17.2 Å². The van der Waals surface area contributed by atoms with Gasteiger partial charge in [-0.25, -0.2) is 4.39 Å². The summed E-state index contributed by atoms with van der Waals surface area (Å²) in [4.78, 5) is 29.1. The van der Waals surface area contributed by atoms with Gasteiger partial charge >= 0.3 is 0 Å². The number of hydrogen-bond donors (Lipinski definition) is 0. The van der Waals surface area contributed by atoms with E-state index in [0.717, 1.165) is 58.4 Å². The second kappa shape index (κ2) is 8.19. The van der Waals surface area contributed by atoms with Crippen molar-refractivity contribution in [3.05, 3.63) is 35.6 Å². The molecule has 0 bridgehead atoms. The third-order valence-electron chi connectivity index (χ3n) is 6.75. The summed E-state index contributed by atoms with van der Waals surface area (Å²) in [5, 5.41) is 0. The maximum Gasteiger partial charge on any atom is 0.253 e. The molecule has 28 heavy (non-hydrogen) atoms. The summed E-state index contributed by atoms with van der Waals surface area (Å²) in [6.45, 7) is 4.61.